The second-order valence-corrected chi connectivity index (χ2v) is 5.69. The second kappa shape index (κ2) is 5.13. The minimum absolute atomic E-state index is 0.190. The monoisotopic (exact) mass is 245 g/mol. The molecule has 1 saturated heterocycles. The molecule has 0 bridgehead atoms. The van der Waals surface area contributed by atoms with Gasteiger partial charge in [-0.25, -0.2) is 0 Å². The zero-order chi connectivity index (χ0) is 13.2. The van der Waals surface area contributed by atoms with Gasteiger partial charge in [-0.2, -0.15) is 0 Å². The molecule has 1 fully saturated rings. The Bertz CT molecular complexity index is 423. The zero-order valence-electron chi connectivity index (χ0n) is 11.7. The van der Waals surface area contributed by atoms with Gasteiger partial charge in [0.2, 0.25) is 0 Å². The Morgan fingerprint density at radius 2 is 1.94 bits per heavy atom. The number of hydrogen-bond acceptors (Lipinski definition) is 1. The topological polar surface area (TPSA) is 20.3 Å². The molecular weight excluding hydrogens is 222 g/mol. The maximum atomic E-state index is 12.4. The van der Waals surface area contributed by atoms with Gasteiger partial charge in [0.15, 0.2) is 0 Å². The Morgan fingerprint density at radius 3 is 2.44 bits per heavy atom. The van der Waals surface area contributed by atoms with Crippen LogP contribution >= 0.6 is 0 Å². The number of benzene rings is 1. The van der Waals surface area contributed by atoms with Gasteiger partial charge in [0.25, 0.3) is 5.91 Å². The summed E-state index contributed by atoms with van der Waals surface area (Å²) in [5.74, 6) is 0.190. The van der Waals surface area contributed by atoms with E-state index >= 15 is 0 Å². The van der Waals surface area contributed by atoms with Crippen LogP contribution in [0.5, 0.6) is 0 Å². The van der Waals surface area contributed by atoms with Crippen molar-refractivity contribution in [3.05, 3.63) is 35.4 Å². The molecule has 0 N–H and O–H groups in total. The summed E-state index contributed by atoms with van der Waals surface area (Å²) in [7, 11) is 0. The maximum absolute atomic E-state index is 12.4. The Morgan fingerprint density at radius 1 is 1.28 bits per heavy atom. The lowest BCUT2D eigenvalue weighted by atomic mass is 9.87. The van der Waals surface area contributed by atoms with Gasteiger partial charge >= 0.3 is 0 Å². The average Bonchev–Trinajstić information content (AvgIpc) is 2.81. The van der Waals surface area contributed by atoms with Crippen LogP contribution in [0.1, 0.15) is 49.5 Å². The number of rotatable bonds is 3. The molecule has 0 aromatic heterocycles. The van der Waals surface area contributed by atoms with E-state index in [-0.39, 0.29) is 5.91 Å². The van der Waals surface area contributed by atoms with Crippen LogP contribution in [0, 0.1) is 5.41 Å². The number of amides is 1. The first-order valence-electron chi connectivity index (χ1n) is 6.96. The SMILES string of the molecule is CCc1ccc(C(=O)N2CCC(C)(CC)C2)cc1. The van der Waals surface area contributed by atoms with E-state index in [1.54, 1.807) is 0 Å². The molecule has 2 nitrogen and oxygen atoms in total. The molecule has 1 unspecified atom stereocenters. The number of hydrogen-bond donors (Lipinski definition) is 0. The van der Waals surface area contributed by atoms with E-state index in [0.717, 1.165) is 37.9 Å². The normalized spacial score (nSPS) is 23.4. The minimum atomic E-state index is 0.190. The first-order chi connectivity index (χ1) is 8.58. The van der Waals surface area contributed by atoms with Gasteiger partial charge in [-0.3, -0.25) is 4.79 Å². The van der Waals surface area contributed by atoms with Gasteiger partial charge in [0.05, 0.1) is 0 Å². The predicted octanol–water partition coefficient (Wildman–Crippen LogP) is 3.51. The standard InChI is InChI=1S/C16H23NO/c1-4-13-6-8-14(9-7-13)15(18)17-11-10-16(3,5-2)12-17/h6-9H,4-5,10-12H2,1-3H3. The molecule has 0 spiro atoms. The first-order valence-corrected chi connectivity index (χ1v) is 6.96. The zero-order valence-corrected chi connectivity index (χ0v) is 11.7. The number of nitrogens with zero attached hydrogens (tertiary/aromatic N) is 1. The highest BCUT2D eigenvalue weighted by Crippen LogP contribution is 2.33. The summed E-state index contributed by atoms with van der Waals surface area (Å²) in [6, 6.07) is 8.04. The minimum Gasteiger partial charge on any atom is -0.338 e. The number of carbonyl (C=O) groups excluding carboxylic acids is 1. The Labute approximate surface area is 110 Å². The van der Waals surface area contributed by atoms with Crippen molar-refractivity contribution in [2.45, 2.75) is 40.0 Å². The molecule has 1 aliphatic rings. The van der Waals surface area contributed by atoms with E-state index in [4.69, 9.17) is 0 Å². The van der Waals surface area contributed by atoms with E-state index in [1.807, 2.05) is 17.0 Å². The molecule has 1 aromatic carbocycles. The lowest BCUT2D eigenvalue weighted by molar-refractivity contribution is 0.0774. The van der Waals surface area contributed by atoms with Crippen LogP contribution in [0.15, 0.2) is 24.3 Å². The predicted molar refractivity (Wildman–Crippen MR) is 74.7 cm³/mol. The summed E-state index contributed by atoms with van der Waals surface area (Å²) in [5.41, 5.74) is 2.43. The molecule has 1 atom stereocenters. The third-order valence-electron chi connectivity index (χ3n) is 4.31. The van der Waals surface area contributed by atoms with Gasteiger partial charge < -0.3 is 4.90 Å². The molecule has 2 heteroatoms. The van der Waals surface area contributed by atoms with Gasteiger partial charge in [-0.1, -0.05) is 32.9 Å². The fourth-order valence-electron chi connectivity index (χ4n) is 2.55. The molecule has 1 aromatic rings. The van der Waals surface area contributed by atoms with E-state index in [2.05, 4.69) is 32.9 Å². The van der Waals surface area contributed by atoms with Crippen molar-refractivity contribution in [1.82, 2.24) is 4.90 Å². The maximum Gasteiger partial charge on any atom is 0.253 e. The quantitative estimate of drug-likeness (QED) is 0.798. The summed E-state index contributed by atoms with van der Waals surface area (Å²) < 4.78 is 0. The lowest BCUT2D eigenvalue weighted by Gasteiger charge is -2.22. The molecule has 0 aliphatic carbocycles. The van der Waals surface area contributed by atoms with Gasteiger partial charge in [0.1, 0.15) is 0 Å². The summed E-state index contributed by atoms with van der Waals surface area (Å²) in [6.45, 7) is 8.42. The van der Waals surface area contributed by atoms with Crippen LogP contribution in [0.4, 0.5) is 0 Å². The highest BCUT2D eigenvalue weighted by Gasteiger charge is 2.34. The van der Waals surface area contributed by atoms with Crippen LogP contribution in [0.25, 0.3) is 0 Å². The molecule has 1 amide bonds. The highest BCUT2D eigenvalue weighted by atomic mass is 16.2. The van der Waals surface area contributed by atoms with Crippen molar-refractivity contribution in [2.24, 2.45) is 5.41 Å². The van der Waals surface area contributed by atoms with Crippen LogP contribution in [-0.4, -0.2) is 23.9 Å². The molecular formula is C16H23NO. The van der Waals surface area contributed by atoms with Crippen LogP contribution in [0.2, 0.25) is 0 Å². The van der Waals surface area contributed by atoms with Crippen molar-refractivity contribution in [1.29, 1.82) is 0 Å². The number of likely N-dealkylation sites (tertiary alicyclic amines) is 1. The fourth-order valence-corrected chi connectivity index (χ4v) is 2.55. The third-order valence-corrected chi connectivity index (χ3v) is 4.31. The molecule has 0 radical (unpaired) electrons. The van der Waals surface area contributed by atoms with Crippen molar-refractivity contribution in [3.8, 4) is 0 Å². The molecule has 2 rings (SSSR count). The largest absolute Gasteiger partial charge is 0.338 e. The Kier molecular flexibility index (Phi) is 3.74. The van der Waals surface area contributed by atoms with Crippen molar-refractivity contribution >= 4 is 5.91 Å². The molecule has 0 saturated carbocycles. The summed E-state index contributed by atoms with van der Waals surface area (Å²) in [4.78, 5) is 14.4. The summed E-state index contributed by atoms with van der Waals surface area (Å²) in [5, 5.41) is 0. The second-order valence-electron chi connectivity index (χ2n) is 5.69. The highest BCUT2D eigenvalue weighted by molar-refractivity contribution is 5.94. The first kappa shape index (κ1) is 13.1. The van der Waals surface area contributed by atoms with E-state index in [9.17, 15) is 4.79 Å². The van der Waals surface area contributed by atoms with Crippen LogP contribution in [-0.2, 0) is 6.42 Å². The van der Waals surface area contributed by atoms with E-state index in [0.29, 0.717) is 5.41 Å². The molecule has 18 heavy (non-hydrogen) atoms. The third kappa shape index (κ3) is 2.58. The van der Waals surface area contributed by atoms with E-state index < -0.39 is 0 Å². The molecule has 1 aliphatic heterocycles. The van der Waals surface area contributed by atoms with Crippen molar-refractivity contribution in [2.75, 3.05) is 13.1 Å². The Balaban J connectivity index is 2.08. The fraction of sp³-hybridized carbons (Fsp3) is 0.562. The van der Waals surface area contributed by atoms with Gasteiger partial charge in [-0.05, 0) is 42.4 Å². The summed E-state index contributed by atoms with van der Waals surface area (Å²) >= 11 is 0. The van der Waals surface area contributed by atoms with Crippen molar-refractivity contribution < 1.29 is 4.79 Å². The number of carbonyl (C=O) groups is 1. The van der Waals surface area contributed by atoms with Crippen LogP contribution < -0.4 is 0 Å². The van der Waals surface area contributed by atoms with E-state index in [1.165, 1.54) is 5.56 Å². The molecule has 1 heterocycles. The van der Waals surface area contributed by atoms with Crippen LogP contribution in [0.3, 0.4) is 0 Å². The smallest absolute Gasteiger partial charge is 0.253 e. The Hall–Kier alpha value is -1.31. The average molecular weight is 245 g/mol. The van der Waals surface area contributed by atoms with Gasteiger partial charge in [0, 0.05) is 18.7 Å². The number of aryl methyl sites for hydroxylation is 1. The lowest BCUT2D eigenvalue weighted by Crippen LogP contribution is -2.30. The summed E-state index contributed by atoms with van der Waals surface area (Å²) in [6.07, 6.45) is 3.29. The van der Waals surface area contributed by atoms with Crippen molar-refractivity contribution in [3.63, 3.8) is 0 Å². The molecule has 98 valence electrons. The van der Waals surface area contributed by atoms with Gasteiger partial charge in [-0.15, -0.1) is 0 Å².